The van der Waals surface area contributed by atoms with E-state index in [2.05, 4.69) is 9.80 Å². The number of nitrogen functional groups attached to an aromatic ring is 1. The number of ether oxygens (including phenoxy) is 1. The van der Waals surface area contributed by atoms with E-state index in [0.29, 0.717) is 18.8 Å². The highest BCUT2D eigenvalue weighted by Gasteiger charge is 2.18. The summed E-state index contributed by atoms with van der Waals surface area (Å²) in [6.45, 7) is 6.60. The molecule has 0 aliphatic carbocycles. The van der Waals surface area contributed by atoms with E-state index in [0.717, 1.165) is 38.3 Å². The Kier molecular flexibility index (Phi) is 5.64. The van der Waals surface area contributed by atoms with E-state index in [9.17, 15) is 4.39 Å². The molecule has 0 unspecified atom stereocenters. The van der Waals surface area contributed by atoms with Gasteiger partial charge in [0.05, 0.1) is 24.6 Å². The topological polar surface area (TPSA) is 62.0 Å². The molecule has 0 aromatic heterocycles. The number of nitrogens with two attached hydrogens (primary N) is 1. The van der Waals surface area contributed by atoms with E-state index in [1.807, 2.05) is 6.92 Å². The molecule has 0 spiro atoms. The van der Waals surface area contributed by atoms with Crippen LogP contribution < -0.4 is 15.4 Å². The summed E-state index contributed by atoms with van der Waals surface area (Å²) in [5, 5.41) is 9.03. The zero-order valence-corrected chi connectivity index (χ0v) is 12.5. The van der Waals surface area contributed by atoms with Crippen LogP contribution in [0, 0.1) is 5.82 Å². The first-order valence-electron chi connectivity index (χ1n) is 7.45. The Hall–Kier alpha value is -1.53. The number of benzene rings is 1. The number of aliphatic hydroxyl groups is 1. The first-order chi connectivity index (χ1) is 10.2. The number of aliphatic hydroxyl groups excluding tert-OH is 1. The van der Waals surface area contributed by atoms with Crippen molar-refractivity contribution in [1.82, 2.24) is 4.90 Å². The van der Waals surface area contributed by atoms with Crippen molar-refractivity contribution in [2.75, 3.05) is 56.6 Å². The Labute approximate surface area is 125 Å². The van der Waals surface area contributed by atoms with E-state index in [1.165, 1.54) is 6.07 Å². The molecule has 1 aromatic rings. The molecule has 118 valence electrons. The number of halogens is 1. The molecule has 21 heavy (non-hydrogen) atoms. The summed E-state index contributed by atoms with van der Waals surface area (Å²) in [5.74, 6) is -0.173. The Balaban J connectivity index is 2.15. The molecular formula is C15H24FN3O2. The van der Waals surface area contributed by atoms with Crippen LogP contribution in [0.3, 0.4) is 0 Å². The van der Waals surface area contributed by atoms with Crippen LogP contribution in [0.15, 0.2) is 12.1 Å². The Morgan fingerprint density at radius 1 is 1.29 bits per heavy atom. The molecule has 6 heteroatoms. The molecule has 0 bridgehead atoms. The van der Waals surface area contributed by atoms with E-state index in [-0.39, 0.29) is 12.4 Å². The monoisotopic (exact) mass is 297 g/mol. The predicted molar refractivity (Wildman–Crippen MR) is 82.3 cm³/mol. The molecule has 1 aromatic carbocycles. The van der Waals surface area contributed by atoms with Gasteiger partial charge in [-0.05, 0) is 19.9 Å². The summed E-state index contributed by atoms with van der Waals surface area (Å²) in [6.07, 6.45) is 0.987. The highest BCUT2D eigenvalue weighted by Crippen LogP contribution is 2.31. The molecule has 1 aliphatic heterocycles. The smallest absolute Gasteiger partial charge is 0.167 e. The van der Waals surface area contributed by atoms with Gasteiger partial charge in [-0.1, -0.05) is 0 Å². The molecule has 0 saturated carbocycles. The van der Waals surface area contributed by atoms with Crippen molar-refractivity contribution in [3.05, 3.63) is 17.9 Å². The van der Waals surface area contributed by atoms with E-state index in [1.54, 1.807) is 6.07 Å². The SMILES string of the molecule is CCOc1cc(N2CCCN(CCO)CC2)c(N)cc1F. The summed E-state index contributed by atoms with van der Waals surface area (Å²) >= 11 is 0. The maximum atomic E-state index is 13.8. The second kappa shape index (κ2) is 7.47. The summed E-state index contributed by atoms with van der Waals surface area (Å²) in [7, 11) is 0. The van der Waals surface area contributed by atoms with Crippen LogP contribution in [0.1, 0.15) is 13.3 Å². The molecule has 5 nitrogen and oxygen atoms in total. The Morgan fingerprint density at radius 2 is 2.10 bits per heavy atom. The van der Waals surface area contributed by atoms with E-state index < -0.39 is 5.82 Å². The third-order valence-corrected chi connectivity index (χ3v) is 3.73. The average molecular weight is 297 g/mol. The number of β-amino-alcohol motifs (C(OH)–C–C–N with tert-alkyl or cyclic N) is 1. The van der Waals surface area contributed by atoms with Crippen molar-refractivity contribution in [2.24, 2.45) is 0 Å². The lowest BCUT2D eigenvalue weighted by molar-refractivity contribution is 0.204. The largest absolute Gasteiger partial charge is 0.491 e. The molecule has 0 atom stereocenters. The average Bonchev–Trinajstić information content (AvgIpc) is 2.68. The fourth-order valence-electron chi connectivity index (χ4n) is 2.67. The van der Waals surface area contributed by atoms with Gasteiger partial charge in [-0.15, -0.1) is 0 Å². The molecule has 0 amide bonds. The van der Waals surface area contributed by atoms with Crippen LogP contribution in [-0.2, 0) is 0 Å². The van der Waals surface area contributed by atoms with Crippen LogP contribution >= 0.6 is 0 Å². The molecule has 3 N–H and O–H groups in total. The van der Waals surface area contributed by atoms with Gasteiger partial charge in [-0.25, -0.2) is 4.39 Å². The van der Waals surface area contributed by atoms with Gasteiger partial charge in [0, 0.05) is 38.3 Å². The van der Waals surface area contributed by atoms with Gasteiger partial charge in [0.1, 0.15) is 0 Å². The second-order valence-corrected chi connectivity index (χ2v) is 5.18. The lowest BCUT2D eigenvalue weighted by Gasteiger charge is -2.25. The fourth-order valence-corrected chi connectivity index (χ4v) is 2.67. The quantitative estimate of drug-likeness (QED) is 0.803. The lowest BCUT2D eigenvalue weighted by atomic mass is 10.2. The van der Waals surface area contributed by atoms with Gasteiger partial charge < -0.3 is 20.5 Å². The number of hydrogen-bond donors (Lipinski definition) is 2. The summed E-state index contributed by atoms with van der Waals surface area (Å²) in [5.41, 5.74) is 7.23. The number of nitrogens with zero attached hydrogens (tertiary/aromatic N) is 2. The Bertz CT molecular complexity index is 470. The molecule has 1 saturated heterocycles. The van der Waals surface area contributed by atoms with E-state index in [4.69, 9.17) is 15.6 Å². The zero-order valence-electron chi connectivity index (χ0n) is 12.5. The van der Waals surface area contributed by atoms with Gasteiger partial charge in [-0.2, -0.15) is 0 Å². The first-order valence-corrected chi connectivity index (χ1v) is 7.45. The van der Waals surface area contributed by atoms with Crippen molar-refractivity contribution in [3.63, 3.8) is 0 Å². The van der Waals surface area contributed by atoms with E-state index >= 15 is 0 Å². The minimum Gasteiger partial charge on any atom is -0.491 e. The third-order valence-electron chi connectivity index (χ3n) is 3.73. The van der Waals surface area contributed by atoms with Gasteiger partial charge in [0.2, 0.25) is 0 Å². The molecule has 0 radical (unpaired) electrons. The standard InChI is InChI=1S/C15H24FN3O2/c1-2-21-15-11-14(13(17)10-12(15)16)19-5-3-4-18(6-7-19)8-9-20/h10-11,20H,2-9,17H2,1H3. The summed E-state index contributed by atoms with van der Waals surface area (Å²) in [6, 6.07) is 3.02. The van der Waals surface area contributed by atoms with Gasteiger partial charge in [-0.3, -0.25) is 4.90 Å². The lowest BCUT2D eigenvalue weighted by Crippen LogP contribution is -2.32. The number of rotatable bonds is 5. The third kappa shape index (κ3) is 3.98. The van der Waals surface area contributed by atoms with Crippen LogP contribution in [0.2, 0.25) is 0 Å². The summed E-state index contributed by atoms with van der Waals surface area (Å²) in [4.78, 5) is 4.39. The molecule has 1 fully saturated rings. The fraction of sp³-hybridized carbons (Fsp3) is 0.600. The van der Waals surface area contributed by atoms with Crippen molar-refractivity contribution in [3.8, 4) is 5.75 Å². The number of hydrogen-bond acceptors (Lipinski definition) is 5. The highest BCUT2D eigenvalue weighted by atomic mass is 19.1. The highest BCUT2D eigenvalue weighted by molar-refractivity contribution is 5.70. The molecular weight excluding hydrogens is 273 g/mol. The van der Waals surface area contributed by atoms with Crippen molar-refractivity contribution in [2.45, 2.75) is 13.3 Å². The van der Waals surface area contributed by atoms with Gasteiger partial charge in [0.25, 0.3) is 0 Å². The van der Waals surface area contributed by atoms with Crippen molar-refractivity contribution >= 4 is 11.4 Å². The second-order valence-electron chi connectivity index (χ2n) is 5.18. The van der Waals surface area contributed by atoms with Gasteiger partial charge >= 0.3 is 0 Å². The normalized spacial score (nSPS) is 16.8. The minimum atomic E-state index is -0.421. The summed E-state index contributed by atoms with van der Waals surface area (Å²) < 4.78 is 19.1. The maximum absolute atomic E-state index is 13.8. The van der Waals surface area contributed by atoms with Crippen LogP contribution in [0.4, 0.5) is 15.8 Å². The Morgan fingerprint density at radius 3 is 2.81 bits per heavy atom. The van der Waals surface area contributed by atoms with Crippen molar-refractivity contribution < 1.29 is 14.2 Å². The molecule has 1 aliphatic rings. The van der Waals surface area contributed by atoms with Crippen molar-refractivity contribution in [1.29, 1.82) is 0 Å². The zero-order chi connectivity index (χ0) is 15.2. The minimum absolute atomic E-state index is 0.174. The van der Waals surface area contributed by atoms with Crippen LogP contribution in [0.25, 0.3) is 0 Å². The first kappa shape index (κ1) is 15.9. The maximum Gasteiger partial charge on any atom is 0.167 e. The van der Waals surface area contributed by atoms with Gasteiger partial charge in [0.15, 0.2) is 11.6 Å². The number of anilines is 2. The molecule has 2 rings (SSSR count). The molecule has 1 heterocycles. The predicted octanol–water partition coefficient (Wildman–Crippen LogP) is 1.31. The van der Waals surface area contributed by atoms with Crippen LogP contribution in [0.5, 0.6) is 5.75 Å². The van der Waals surface area contributed by atoms with Crippen LogP contribution in [-0.4, -0.2) is 55.9 Å².